The Morgan fingerprint density at radius 3 is 1.69 bits per heavy atom. The van der Waals surface area contributed by atoms with Crippen molar-refractivity contribution in [2.75, 3.05) is 13.7 Å². The fourth-order valence-electron chi connectivity index (χ4n) is 4.11. The zero-order chi connectivity index (χ0) is 27.1. The molecule has 5 heteroatoms. The van der Waals surface area contributed by atoms with Crippen LogP contribution in [0.4, 0.5) is 0 Å². The molecule has 0 fully saturated rings. The van der Waals surface area contributed by atoms with Gasteiger partial charge in [0.2, 0.25) is 0 Å². The molecule has 0 aliphatic heterocycles. The maximum Gasteiger partial charge on any atom is 0.118 e. The molecule has 1 N–H and O–H groups in total. The number of aliphatic hydroxyl groups is 1. The van der Waals surface area contributed by atoms with Crippen LogP contribution in [0.3, 0.4) is 0 Å². The Balaban J connectivity index is 1.53. The number of rotatable bonds is 15. The van der Waals surface area contributed by atoms with Gasteiger partial charge in [-0.1, -0.05) is 115 Å². The number of aliphatic hydroxyl groups excluding tert-OH is 1. The van der Waals surface area contributed by atoms with E-state index in [4.69, 9.17) is 18.9 Å². The molecule has 0 amide bonds. The Morgan fingerprint density at radius 1 is 0.641 bits per heavy atom. The smallest absolute Gasteiger partial charge is 0.118 e. The molecule has 0 aromatic heterocycles. The summed E-state index contributed by atoms with van der Waals surface area (Å²) in [5.74, 6) is 0.791. The van der Waals surface area contributed by atoms with Gasteiger partial charge in [-0.25, -0.2) is 0 Å². The first-order chi connectivity index (χ1) is 19.2. The van der Waals surface area contributed by atoms with E-state index in [-0.39, 0.29) is 6.61 Å². The molecule has 0 spiro atoms. The molecule has 0 unspecified atom stereocenters. The van der Waals surface area contributed by atoms with Crippen LogP contribution in [0.25, 0.3) is 6.08 Å². The van der Waals surface area contributed by atoms with Gasteiger partial charge >= 0.3 is 0 Å². The van der Waals surface area contributed by atoms with E-state index >= 15 is 0 Å². The van der Waals surface area contributed by atoms with Crippen molar-refractivity contribution < 1.29 is 24.1 Å². The quantitative estimate of drug-likeness (QED) is 0.194. The zero-order valence-electron chi connectivity index (χ0n) is 22.3. The average Bonchev–Trinajstić information content (AvgIpc) is 3.00. The SMILES string of the molecule is COc1ccc(/C=C/[C@@H](OCc2ccccc2)[C@H](OCc2ccccc2)[C@H](O)COCc2ccccc2)cc1. The second kappa shape index (κ2) is 15.6. The average molecular weight is 525 g/mol. The predicted molar refractivity (Wildman–Crippen MR) is 154 cm³/mol. The van der Waals surface area contributed by atoms with Crippen molar-refractivity contribution in [3.05, 3.63) is 144 Å². The molecule has 0 saturated heterocycles. The third-order valence-electron chi connectivity index (χ3n) is 6.27. The summed E-state index contributed by atoms with van der Waals surface area (Å²) in [6, 6.07) is 37.6. The van der Waals surface area contributed by atoms with Gasteiger partial charge in [-0.3, -0.25) is 0 Å². The van der Waals surface area contributed by atoms with Crippen LogP contribution in [-0.2, 0) is 34.0 Å². The van der Waals surface area contributed by atoms with Crippen molar-refractivity contribution in [3.8, 4) is 5.75 Å². The fourth-order valence-corrected chi connectivity index (χ4v) is 4.11. The van der Waals surface area contributed by atoms with Gasteiger partial charge in [0.25, 0.3) is 0 Å². The zero-order valence-corrected chi connectivity index (χ0v) is 22.3. The van der Waals surface area contributed by atoms with E-state index < -0.39 is 18.3 Å². The molecular formula is C34H36O5. The summed E-state index contributed by atoms with van der Waals surface area (Å²) in [5, 5.41) is 11.3. The molecule has 39 heavy (non-hydrogen) atoms. The first-order valence-corrected chi connectivity index (χ1v) is 13.1. The van der Waals surface area contributed by atoms with Crippen LogP contribution >= 0.6 is 0 Å². The lowest BCUT2D eigenvalue weighted by atomic mass is 10.1. The molecule has 202 valence electrons. The lowest BCUT2D eigenvalue weighted by Gasteiger charge is -2.29. The molecule has 3 atom stereocenters. The number of hydrogen-bond donors (Lipinski definition) is 1. The van der Waals surface area contributed by atoms with Gasteiger partial charge in [-0.15, -0.1) is 0 Å². The second-order valence-electron chi connectivity index (χ2n) is 9.22. The maximum absolute atomic E-state index is 11.3. The van der Waals surface area contributed by atoms with Gasteiger partial charge in [0.15, 0.2) is 0 Å². The van der Waals surface area contributed by atoms with Crippen molar-refractivity contribution in [2.24, 2.45) is 0 Å². The van der Waals surface area contributed by atoms with Crippen LogP contribution in [0.15, 0.2) is 121 Å². The highest BCUT2D eigenvalue weighted by Crippen LogP contribution is 2.19. The van der Waals surface area contributed by atoms with E-state index in [1.54, 1.807) is 7.11 Å². The molecule has 0 saturated carbocycles. The minimum atomic E-state index is -0.918. The van der Waals surface area contributed by atoms with Gasteiger partial charge in [0, 0.05) is 0 Å². The van der Waals surface area contributed by atoms with Gasteiger partial charge in [-0.2, -0.15) is 0 Å². The van der Waals surface area contributed by atoms with Crippen molar-refractivity contribution in [2.45, 2.75) is 38.1 Å². The summed E-state index contributed by atoms with van der Waals surface area (Å²) in [5.41, 5.74) is 4.08. The van der Waals surface area contributed by atoms with Crippen molar-refractivity contribution in [1.29, 1.82) is 0 Å². The Morgan fingerprint density at radius 2 is 1.15 bits per heavy atom. The van der Waals surface area contributed by atoms with Crippen molar-refractivity contribution in [1.82, 2.24) is 0 Å². The Labute approximate surface area is 231 Å². The Bertz CT molecular complexity index is 1230. The van der Waals surface area contributed by atoms with Gasteiger partial charge in [0.05, 0.1) is 33.5 Å². The van der Waals surface area contributed by atoms with Crippen molar-refractivity contribution in [3.63, 3.8) is 0 Å². The highest BCUT2D eigenvalue weighted by Gasteiger charge is 2.29. The maximum atomic E-state index is 11.3. The van der Waals surface area contributed by atoms with Crippen LogP contribution in [0.5, 0.6) is 5.75 Å². The fraction of sp³-hybridized carbons (Fsp3) is 0.235. The van der Waals surface area contributed by atoms with E-state index in [0.717, 1.165) is 28.0 Å². The third-order valence-corrected chi connectivity index (χ3v) is 6.27. The van der Waals surface area contributed by atoms with Crippen LogP contribution in [0.1, 0.15) is 22.3 Å². The Kier molecular flexibility index (Phi) is 11.3. The highest BCUT2D eigenvalue weighted by molar-refractivity contribution is 5.51. The van der Waals surface area contributed by atoms with Gasteiger partial charge in [-0.05, 0) is 34.4 Å². The van der Waals surface area contributed by atoms with E-state index in [2.05, 4.69) is 0 Å². The van der Waals surface area contributed by atoms with Crippen LogP contribution in [0.2, 0.25) is 0 Å². The minimum absolute atomic E-state index is 0.107. The van der Waals surface area contributed by atoms with E-state index in [1.807, 2.05) is 127 Å². The van der Waals surface area contributed by atoms with Crippen molar-refractivity contribution >= 4 is 6.08 Å². The molecule has 0 aliphatic rings. The summed E-state index contributed by atoms with van der Waals surface area (Å²) in [6.07, 6.45) is 1.80. The highest BCUT2D eigenvalue weighted by atomic mass is 16.6. The summed E-state index contributed by atoms with van der Waals surface area (Å²) in [6.45, 7) is 1.22. The summed E-state index contributed by atoms with van der Waals surface area (Å²) >= 11 is 0. The summed E-state index contributed by atoms with van der Waals surface area (Å²) in [4.78, 5) is 0. The molecule has 0 radical (unpaired) electrons. The lowest BCUT2D eigenvalue weighted by Crippen LogP contribution is -2.42. The molecule has 4 aromatic rings. The second-order valence-corrected chi connectivity index (χ2v) is 9.22. The first kappa shape index (κ1) is 28.3. The van der Waals surface area contributed by atoms with E-state index in [1.165, 1.54) is 0 Å². The largest absolute Gasteiger partial charge is 0.497 e. The normalized spacial score (nSPS) is 13.7. The van der Waals surface area contributed by atoms with E-state index in [0.29, 0.717) is 19.8 Å². The summed E-state index contributed by atoms with van der Waals surface area (Å²) in [7, 11) is 1.65. The molecular weight excluding hydrogens is 488 g/mol. The first-order valence-electron chi connectivity index (χ1n) is 13.1. The monoisotopic (exact) mass is 524 g/mol. The Hall–Kier alpha value is -3.74. The molecule has 4 rings (SSSR count). The third kappa shape index (κ3) is 9.50. The molecule has 5 nitrogen and oxygen atoms in total. The van der Waals surface area contributed by atoms with Gasteiger partial charge < -0.3 is 24.1 Å². The minimum Gasteiger partial charge on any atom is -0.497 e. The number of ether oxygens (including phenoxy) is 4. The molecule has 4 aromatic carbocycles. The van der Waals surface area contributed by atoms with Gasteiger partial charge in [0.1, 0.15) is 24.1 Å². The van der Waals surface area contributed by atoms with E-state index in [9.17, 15) is 5.11 Å². The van der Waals surface area contributed by atoms with Crippen LogP contribution in [0, 0.1) is 0 Å². The standard InChI is InChI=1S/C34H36O5/c1-36-31-20-17-27(18-21-31)19-22-33(38-24-29-13-7-3-8-14-29)34(39-25-30-15-9-4-10-16-30)32(35)26-37-23-28-11-5-2-6-12-28/h2-22,32-35H,23-26H2,1H3/b22-19+/t32-,33-,34-/m1/s1. The molecule has 0 aliphatic carbocycles. The topological polar surface area (TPSA) is 57.2 Å². The van der Waals surface area contributed by atoms with Crippen LogP contribution in [-0.4, -0.2) is 37.1 Å². The number of benzene rings is 4. The number of methoxy groups -OCH3 is 1. The van der Waals surface area contributed by atoms with Crippen LogP contribution < -0.4 is 4.74 Å². The lowest BCUT2D eigenvalue weighted by molar-refractivity contribution is -0.133. The molecule has 0 bridgehead atoms. The number of hydrogen-bond acceptors (Lipinski definition) is 5. The summed E-state index contributed by atoms with van der Waals surface area (Å²) < 4.78 is 23.9. The predicted octanol–water partition coefficient (Wildman–Crippen LogP) is 6.46. The molecule has 0 heterocycles.